The van der Waals surface area contributed by atoms with Gasteiger partial charge in [0.2, 0.25) is 5.88 Å². The lowest BCUT2D eigenvalue weighted by molar-refractivity contribution is -0.124. The number of ether oxygens (including phenoxy) is 1. The van der Waals surface area contributed by atoms with Crippen molar-refractivity contribution in [1.82, 2.24) is 20.3 Å². The molecule has 7 rings (SSSR count). The van der Waals surface area contributed by atoms with Gasteiger partial charge in [-0.15, -0.1) is 11.3 Å². The topological polar surface area (TPSA) is 130 Å². The van der Waals surface area contributed by atoms with E-state index in [2.05, 4.69) is 22.5 Å². The van der Waals surface area contributed by atoms with Gasteiger partial charge in [-0.2, -0.15) is 0 Å². The highest BCUT2D eigenvalue weighted by Gasteiger charge is 2.29. The number of hydrogen-bond donors (Lipinski definition) is 3. The Morgan fingerprint density at radius 2 is 1.73 bits per heavy atom. The van der Waals surface area contributed by atoms with Crippen LogP contribution in [0.4, 0.5) is 11.5 Å². The van der Waals surface area contributed by atoms with Crippen molar-refractivity contribution >= 4 is 73.5 Å². The second-order valence-corrected chi connectivity index (χ2v) is 16.5. The molecule has 3 heterocycles. The first-order chi connectivity index (χ1) is 26.7. The molecule has 5 aromatic rings. The number of methoxy groups -OCH3 is 1. The maximum absolute atomic E-state index is 12.4. The van der Waals surface area contributed by atoms with E-state index in [1.807, 2.05) is 54.6 Å². The third-order valence-electron chi connectivity index (χ3n) is 11.0. The van der Waals surface area contributed by atoms with E-state index in [0.717, 1.165) is 82.4 Å². The SMILES string of the molecule is CCCC(=O)C1CCC(CCc2nc3c(Nc4cccc(-c5cccc(-c6ccc(CNC[C@@H]7CCC(=O)C7=N)c(OC)n6)c5Cl)c4Cl)nccc3s2)CC1. The average Bonchev–Trinajstić information content (AvgIpc) is 3.77. The first kappa shape index (κ1) is 39.0. The number of anilines is 2. The first-order valence-corrected chi connectivity index (χ1v) is 20.8. The maximum atomic E-state index is 12.4. The Bertz CT molecular complexity index is 2220. The van der Waals surface area contributed by atoms with Crippen molar-refractivity contribution in [2.45, 2.75) is 77.7 Å². The summed E-state index contributed by atoms with van der Waals surface area (Å²) in [5.74, 6) is 2.36. The summed E-state index contributed by atoms with van der Waals surface area (Å²) in [5.41, 5.74) is 5.52. The number of nitrogens with one attached hydrogen (secondary N) is 3. The molecule has 3 N–H and O–H groups in total. The highest BCUT2D eigenvalue weighted by molar-refractivity contribution is 7.18. The summed E-state index contributed by atoms with van der Waals surface area (Å²) in [6, 6.07) is 17.5. The highest BCUT2D eigenvalue weighted by atomic mass is 35.5. The molecule has 0 unspecified atom stereocenters. The van der Waals surface area contributed by atoms with E-state index in [9.17, 15) is 9.59 Å². The van der Waals surface area contributed by atoms with E-state index in [-0.39, 0.29) is 23.3 Å². The quantitative estimate of drug-likeness (QED) is 0.0955. The van der Waals surface area contributed by atoms with E-state index in [1.54, 1.807) is 24.6 Å². The Morgan fingerprint density at radius 3 is 2.47 bits per heavy atom. The van der Waals surface area contributed by atoms with Crippen LogP contribution in [0.2, 0.25) is 10.0 Å². The normalized spacial score (nSPS) is 18.6. The molecular formula is C43H46Cl2N6O3S. The Hall–Kier alpha value is -4.22. The molecule has 0 aliphatic heterocycles. The molecule has 2 fully saturated rings. The van der Waals surface area contributed by atoms with E-state index in [4.69, 9.17) is 43.3 Å². The van der Waals surface area contributed by atoms with Gasteiger partial charge in [-0.1, -0.05) is 66.5 Å². The number of hydrogen-bond acceptors (Lipinski definition) is 10. The number of fused-ring (bicyclic) bond motifs is 1. The number of Topliss-reactive ketones (excluding diaryl/α,β-unsaturated/α-hetero) is 2. The van der Waals surface area contributed by atoms with Gasteiger partial charge in [-0.25, -0.2) is 15.0 Å². The van der Waals surface area contributed by atoms with E-state index >= 15 is 0 Å². The lowest BCUT2D eigenvalue weighted by atomic mass is 9.77. The van der Waals surface area contributed by atoms with Gasteiger partial charge in [0.1, 0.15) is 11.3 Å². The van der Waals surface area contributed by atoms with Crippen LogP contribution in [0, 0.1) is 23.2 Å². The van der Waals surface area contributed by atoms with Gasteiger partial charge in [0.05, 0.1) is 44.0 Å². The monoisotopic (exact) mass is 796 g/mol. The number of thiazole rings is 1. The molecule has 1 atom stereocenters. The van der Waals surface area contributed by atoms with Crippen molar-refractivity contribution in [2.24, 2.45) is 17.8 Å². The molecule has 2 aliphatic rings. The zero-order chi connectivity index (χ0) is 38.5. The summed E-state index contributed by atoms with van der Waals surface area (Å²) in [5, 5.41) is 16.9. The summed E-state index contributed by atoms with van der Waals surface area (Å²) >= 11 is 16.0. The minimum atomic E-state index is -0.0593. The van der Waals surface area contributed by atoms with Gasteiger partial charge < -0.3 is 20.8 Å². The van der Waals surface area contributed by atoms with E-state index in [0.29, 0.717) is 77.2 Å². The third kappa shape index (κ3) is 8.78. The first-order valence-electron chi connectivity index (χ1n) is 19.2. The zero-order valence-corrected chi connectivity index (χ0v) is 33.5. The average molecular weight is 798 g/mol. The summed E-state index contributed by atoms with van der Waals surface area (Å²) in [7, 11) is 1.59. The molecule has 9 nitrogen and oxygen atoms in total. The molecule has 0 spiro atoms. The van der Waals surface area contributed by atoms with Crippen molar-refractivity contribution in [3.8, 4) is 28.3 Å². The van der Waals surface area contributed by atoms with E-state index in [1.165, 1.54) is 0 Å². The predicted molar refractivity (Wildman–Crippen MR) is 223 cm³/mol. The number of benzene rings is 2. The number of pyridine rings is 2. The molecule has 3 aromatic heterocycles. The fourth-order valence-electron chi connectivity index (χ4n) is 7.88. The number of aromatic nitrogens is 3. The molecular weight excluding hydrogens is 751 g/mol. The fourth-order valence-corrected chi connectivity index (χ4v) is 9.46. The van der Waals surface area contributed by atoms with Gasteiger partial charge in [0, 0.05) is 66.2 Å². The highest BCUT2D eigenvalue weighted by Crippen LogP contribution is 2.43. The number of nitrogens with zero attached hydrogens (tertiary/aromatic N) is 3. The van der Waals surface area contributed by atoms with Crippen LogP contribution in [0.1, 0.15) is 75.3 Å². The molecule has 0 amide bonds. The van der Waals surface area contributed by atoms with E-state index < -0.39 is 0 Å². The van der Waals surface area contributed by atoms with Crippen LogP contribution < -0.4 is 15.4 Å². The van der Waals surface area contributed by atoms with Crippen LogP contribution in [0.5, 0.6) is 5.88 Å². The summed E-state index contributed by atoms with van der Waals surface area (Å²) in [4.78, 5) is 38.6. The second-order valence-electron chi connectivity index (χ2n) is 14.6. The summed E-state index contributed by atoms with van der Waals surface area (Å²) in [6.45, 7) is 3.13. The predicted octanol–water partition coefficient (Wildman–Crippen LogP) is 10.7. The fraction of sp³-hybridized carbons (Fsp3) is 0.395. The van der Waals surface area contributed by atoms with Crippen molar-refractivity contribution in [2.75, 3.05) is 19.0 Å². The third-order valence-corrected chi connectivity index (χ3v) is 12.9. The van der Waals surface area contributed by atoms with Crippen LogP contribution in [0.3, 0.4) is 0 Å². The number of halogens is 2. The zero-order valence-electron chi connectivity index (χ0n) is 31.2. The van der Waals surface area contributed by atoms with Crippen molar-refractivity contribution in [1.29, 1.82) is 5.41 Å². The van der Waals surface area contributed by atoms with Gasteiger partial charge in [0.25, 0.3) is 0 Å². The second kappa shape index (κ2) is 17.7. The number of rotatable bonds is 15. The standard InChI is InChI=1S/C43H46Cl2N6O3S/c1-3-6-34(52)26-14-11-25(12-15-26)13-20-37-51-41-36(55-37)21-22-48-42(41)49-33-10-5-8-30(39(33)45)29-7-4-9-31(38(29)44)32-18-16-28(43(50-32)54-2)24-47-23-27-17-19-35(53)40(27)46/h4-5,7-10,16,18,21-22,25-27,46-47H,3,6,11-15,17,19-20,23-24H2,1-2H3,(H,48,49)/t25?,26?,27-/m0/s1. The molecule has 12 heteroatoms. The van der Waals surface area contributed by atoms with Gasteiger partial charge in [-0.05, 0) is 75.5 Å². The van der Waals surface area contributed by atoms with Crippen LogP contribution in [-0.4, -0.2) is 45.9 Å². The van der Waals surface area contributed by atoms with Gasteiger partial charge in [-0.3, -0.25) is 9.59 Å². The molecule has 55 heavy (non-hydrogen) atoms. The van der Waals surface area contributed by atoms with Gasteiger partial charge >= 0.3 is 0 Å². The summed E-state index contributed by atoms with van der Waals surface area (Å²) in [6.07, 6.45) is 10.9. The minimum Gasteiger partial charge on any atom is -0.481 e. The molecule has 2 saturated carbocycles. The molecule has 0 bridgehead atoms. The smallest absolute Gasteiger partial charge is 0.218 e. The van der Waals surface area contributed by atoms with Crippen LogP contribution in [0.15, 0.2) is 60.8 Å². The van der Waals surface area contributed by atoms with Gasteiger partial charge in [0.15, 0.2) is 11.6 Å². The maximum Gasteiger partial charge on any atom is 0.218 e. The molecule has 2 aliphatic carbocycles. The molecule has 286 valence electrons. The number of aryl methyl sites for hydroxylation is 1. The number of ketones is 2. The lowest BCUT2D eigenvalue weighted by Crippen LogP contribution is -2.26. The van der Waals surface area contributed by atoms with Crippen molar-refractivity contribution in [3.05, 3.63) is 81.4 Å². The van der Waals surface area contributed by atoms with Crippen molar-refractivity contribution in [3.63, 3.8) is 0 Å². The van der Waals surface area contributed by atoms with Crippen LogP contribution in [0.25, 0.3) is 32.6 Å². The number of carbonyl (C=O) groups is 2. The largest absolute Gasteiger partial charge is 0.481 e. The summed E-state index contributed by atoms with van der Waals surface area (Å²) < 4.78 is 6.73. The van der Waals surface area contributed by atoms with Crippen LogP contribution >= 0.6 is 34.5 Å². The van der Waals surface area contributed by atoms with Crippen LogP contribution in [-0.2, 0) is 22.6 Å². The Morgan fingerprint density at radius 1 is 0.964 bits per heavy atom. The van der Waals surface area contributed by atoms with Crippen molar-refractivity contribution < 1.29 is 14.3 Å². The lowest BCUT2D eigenvalue weighted by Gasteiger charge is -2.27. The Labute approximate surface area is 336 Å². The Balaban J connectivity index is 1.04. The molecule has 2 aromatic carbocycles. The number of carbonyl (C=O) groups excluding carboxylic acids is 2. The molecule has 0 saturated heterocycles. The minimum absolute atomic E-state index is 0.0568. The molecule has 0 radical (unpaired) electrons. The Kier molecular flexibility index (Phi) is 12.6.